The molecule has 0 aliphatic carbocycles. The standard InChI is InChI=1S/C11H12O4/c1-2-13-10(12)15-11(8-14-11)9-6-4-3-5-7-9/h3-7H,2,8H2,1H3. The molecule has 15 heavy (non-hydrogen) atoms. The van der Waals surface area contributed by atoms with E-state index in [9.17, 15) is 4.79 Å². The molecule has 1 aliphatic rings. The maximum Gasteiger partial charge on any atom is 0.511 e. The number of epoxide rings is 1. The quantitative estimate of drug-likeness (QED) is 0.563. The van der Waals surface area contributed by atoms with Crippen LogP contribution in [0, 0.1) is 0 Å². The Bertz CT molecular complexity index is 343. The van der Waals surface area contributed by atoms with Crippen molar-refractivity contribution in [1.29, 1.82) is 0 Å². The van der Waals surface area contributed by atoms with Crippen molar-refractivity contribution in [2.24, 2.45) is 0 Å². The number of carbonyl (C=O) groups excluding carboxylic acids is 1. The normalized spacial score (nSPS) is 23.3. The minimum atomic E-state index is -0.909. The maximum atomic E-state index is 11.1. The summed E-state index contributed by atoms with van der Waals surface area (Å²) in [6.07, 6.45) is -0.696. The van der Waals surface area contributed by atoms with Gasteiger partial charge in [0.25, 0.3) is 5.79 Å². The molecule has 0 N–H and O–H groups in total. The van der Waals surface area contributed by atoms with Crippen LogP contribution in [0.1, 0.15) is 12.5 Å². The summed E-state index contributed by atoms with van der Waals surface area (Å²) < 4.78 is 15.0. The number of carbonyl (C=O) groups is 1. The molecule has 1 aromatic carbocycles. The highest BCUT2D eigenvalue weighted by Gasteiger charge is 2.51. The van der Waals surface area contributed by atoms with Crippen LogP contribution < -0.4 is 0 Å². The molecule has 1 atom stereocenters. The highest BCUT2D eigenvalue weighted by Crippen LogP contribution is 2.40. The van der Waals surface area contributed by atoms with Crippen LogP contribution in [0.25, 0.3) is 0 Å². The lowest BCUT2D eigenvalue weighted by atomic mass is 10.1. The second kappa shape index (κ2) is 3.90. The highest BCUT2D eigenvalue weighted by molar-refractivity contribution is 5.61. The van der Waals surface area contributed by atoms with Gasteiger partial charge in [0.05, 0.1) is 6.61 Å². The van der Waals surface area contributed by atoms with Gasteiger partial charge in [0.15, 0.2) is 0 Å². The van der Waals surface area contributed by atoms with Gasteiger partial charge in [-0.2, -0.15) is 0 Å². The predicted octanol–water partition coefficient (Wildman–Crippen LogP) is 2.04. The molecule has 1 saturated heterocycles. The Kier molecular flexibility index (Phi) is 2.60. The Morgan fingerprint density at radius 2 is 2.13 bits per heavy atom. The largest absolute Gasteiger partial charge is 0.511 e. The molecule has 1 heterocycles. The van der Waals surface area contributed by atoms with E-state index in [1.807, 2.05) is 30.3 Å². The van der Waals surface area contributed by atoms with Gasteiger partial charge in [0, 0.05) is 5.56 Å². The van der Waals surface area contributed by atoms with Gasteiger partial charge in [-0.25, -0.2) is 4.79 Å². The Morgan fingerprint density at radius 3 is 2.67 bits per heavy atom. The van der Waals surface area contributed by atoms with Crippen LogP contribution in [0.15, 0.2) is 30.3 Å². The second-order valence-electron chi connectivity index (χ2n) is 3.19. The Hall–Kier alpha value is -1.55. The van der Waals surface area contributed by atoms with Gasteiger partial charge in [-0.3, -0.25) is 0 Å². The van der Waals surface area contributed by atoms with Crippen molar-refractivity contribution >= 4 is 6.16 Å². The van der Waals surface area contributed by atoms with E-state index in [2.05, 4.69) is 0 Å². The van der Waals surface area contributed by atoms with E-state index < -0.39 is 11.9 Å². The van der Waals surface area contributed by atoms with Crippen molar-refractivity contribution in [1.82, 2.24) is 0 Å². The number of rotatable bonds is 3. The van der Waals surface area contributed by atoms with Crippen LogP contribution in [0.3, 0.4) is 0 Å². The molecule has 4 nitrogen and oxygen atoms in total. The fourth-order valence-electron chi connectivity index (χ4n) is 1.32. The number of hydrogen-bond donors (Lipinski definition) is 0. The lowest BCUT2D eigenvalue weighted by molar-refractivity contribution is -0.0362. The summed E-state index contributed by atoms with van der Waals surface area (Å²) >= 11 is 0. The average Bonchev–Trinajstić information content (AvgIpc) is 3.01. The summed E-state index contributed by atoms with van der Waals surface area (Å²) in [6.45, 7) is 2.41. The zero-order valence-corrected chi connectivity index (χ0v) is 8.43. The summed E-state index contributed by atoms with van der Waals surface area (Å²) in [5.41, 5.74) is 0.832. The van der Waals surface area contributed by atoms with E-state index >= 15 is 0 Å². The third-order valence-electron chi connectivity index (χ3n) is 2.13. The summed E-state index contributed by atoms with van der Waals surface area (Å²) in [5.74, 6) is -0.909. The monoisotopic (exact) mass is 208 g/mol. The Labute approximate surface area is 87.8 Å². The third-order valence-corrected chi connectivity index (χ3v) is 2.13. The number of hydrogen-bond acceptors (Lipinski definition) is 4. The first-order valence-corrected chi connectivity index (χ1v) is 4.82. The van der Waals surface area contributed by atoms with Crippen molar-refractivity contribution in [3.8, 4) is 0 Å². The first-order chi connectivity index (χ1) is 7.27. The summed E-state index contributed by atoms with van der Waals surface area (Å²) in [4.78, 5) is 11.1. The predicted molar refractivity (Wildman–Crippen MR) is 52.2 cm³/mol. The minimum Gasteiger partial charge on any atom is -0.435 e. The van der Waals surface area contributed by atoms with Gasteiger partial charge in [0.1, 0.15) is 6.61 Å². The van der Waals surface area contributed by atoms with Gasteiger partial charge >= 0.3 is 6.16 Å². The maximum absolute atomic E-state index is 11.1. The fourth-order valence-corrected chi connectivity index (χ4v) is 1.32. The van der Waals surface area contributed by atoms with Crippen molar-refractivity contribution in [3.63, 3.8) is 0 Å². The molecule has 1 aromatic rings. The molecule has 4 heteroatoms. The van der Waals surface area contributed by atoms with E-state index in [4.69, 9.17) is 14.2 Å². The van der Waals surface area contributed by atoms with Crippen LogP contribution in [0.5, 0.6) is 0 Å². The molecule has 0 radical (unpaired) electrons. The number of benzene rings is 1. The van der Waals surface area contributed by atoms with Crippen molar-refractivity contribution in [3.05, 3.63) is 35.9 Å². The molecule has 0 bridgehead atoms. The van der Waals surface area contributed by atoms with Crippen molar-refractivity contribution < 1.29 is 19.0 Å². The second-order valence-corrected chi connectivity index (χ2v) is 3.19. The van der Waals surface area contributed by atoms with Crippen molar-refractivity contribution in [2.45, 2.75) is 12.7 Å². The molecule has 0 aromatic heterocycles. The van der Waals surface area contributed by atoms with Crippen molar-refractivity contribution in [2.75, 3.05) is 13.2 Å². The van der Waals surface area contributed by atoms with Gasteiger partial charge in [0.2, 0.25) is 0 Å². The smallest absolute Gasteiger partial charge is 0.435 e. The van der Waals surface area contributed by atoms with Gasteiger partial charge in [-0.15, -0.1) is 0 Å². The molecule has 80 valence electrons. The van der Waals surface area contributed by atoms with E-state index in [0.717, 1.165) is 5.56 Å². The summed E-state index contributed by atoms with van der Waals surface area (Å²) in [7, 11) is 0. The zero-order valence-electron chi connectivity index (χ0n) is 8.43. The SMILES string of the molecule is CCOC(=O)OC1(c2ccccc2)CO1. The van der Waals surface area contributed by atoms with Crippen LogP contribution in [-0.4, -0.2) is 19.4 Å². The number of ether oxygens (including phenoxy) is 3. The average molecular weight is 208 g/mol. The Balaban J connectivity index is 2.05. The molecule has 2 rings (SSSR count). The summed E-state index contributed by atoms with van der Waals surface area (Å²) in [6, 6.07) is 9.34. The first-order valence-electron chi connectivity index (χ1n) is 4.82. The van der Waals surface area contributed by atoms with E-state index in [0.29, 0.717) is 13.2 Å². The molecular formula is C11H12O4. The van der Waals surface area contributed by atoms with Crippen LogP contribution in [0.4, 0.5) is 4.79 Å². The highest BCUT2D eigenvalue weighted by atomic mass is 16.8. The molecule has 0 spiro atoms. The van der Waals surface area contributed by atoms with Gasteiger partial charge < -0.3 is 14.2 Å². The molecule has 1 unspecified atom stereocenters. The van der Waals surface area contributed by atoms with Crippen LogP contribution in [-0.2, 0) is 20.0 Å². The third kappa shape index (κ3) is 2.10. The molecule has 0 saturated carbocycles. The Morgan fingerprint density at radius 1 is 1.47 bits per heavy atom. The molecule has 1 fully saturated rings. The zero-order chi connectivity index (χ0) is 10.7. The first kappa shape index (κ1) is 9.98. The van der Waals surface area contributed by atoms with Gasteiger partial charge in [-0.05, 0) is 6.92 Å². The van der Waals surface area contributed by atoms with E-state index in [1.165, 1.54) is 0 Å². The van der Waals surface area contributed by atoms with E-state index in [1.54, 1.807) is 6.92 Å². The lowest BCUT2D eigenvalue weighted by Gasteiger charge is -2.12. The van der Waals surface area contributed by atoms with Crippen LogP contribution in [0.2, 0.25) is 0 Å². The minimum absolute atomic E-state index is 0.295. The van der Waals surface area contributed by atoms with Crippen LogP contribution >= 0.6 is 0 Å². The topological polar surface area (TPSA) is 48.1 Å². The van der Waals surface area contributed by atoms with E-state index in [-0.39, 0.29) is 0 Å². The molecule has 1 aliphatic heterocycles. The molecular weight excluding hydrogens is 196 g/mol. The summed E-state index contributed by atoms with van der Waals surface area (Å²) in [5, 5.41) is 0. The van der Waals surface area contributed by atoms with Gasteiger partial charge in [-0.1, -0.05) is 30.3 Å². The molecule has 0 amide bonds. The lowest BCUT2D eigenvalue weighted by Crippen LogP contribution is -2.20. The fraction of sp³-hybridized carbons (Fsp3) is 0.364.